The van der Waals surface area contributed by atoms with Gasteiger partial charge in [0.25, 0.3) is 0 Å². The molecule has 0 amide bonds. The van der Waals surface area contributed by atoms with Gasteiger partial charge in [-0.3, -0.25) is 0 Å². The summed E-state index contributed by atoms with van der Waals surface area (Å²) < 4.78 is 0. The lowest BCUT2D eigenvalue weighted by Gasteiger charge is -2.64. The van der Waals surface area contributed by atoms with Crippen LogP contribution in [-0.4, -0.2) is 5.71 Å². The van der Waals surface area contributed by atoms with Crippen molar-refractivity contribution >= 4 is 5.71 Å². The first-order valence-corrected chi connectivity index (χ1v) is 10.9. The molecule has 4 aliphatic carbocycles. The Bertz CT molecular complexity index is 681. The zero-order valence-corrected chi connectivity index (χ0v) is 17.4. The highest BCUT2D eigenvalue weighted by atomic mass is 14.8. The van der Waals surface area contributed by atoms with Gasteiger partial charge in [-0.05, 0) is 98.7 Å². The molecule has 0 heterocycles. The van der Waals surface area contributed by atoms with Crippen molar-refractivity contribution in [1.29, 1.82) is 0 Å². The summed E-state index contributed by atoms with van der Waals surface area (Å²) in [5.74, 6) is 3.27. The van der Waals surface area contributed by atoms with Gasteiger partial charge in [0.1, 0.15) is 0 Å². The Balaban J connectivity index is 1.68. The maximum atomic E-state index is 5.50. The highest BCUT2D eigenvalue weighted by molar-refractivity contribution is 5.86. The van der Waals surface area contributed by atoms with Crippen LogP contribution in [0, 0.1) is 52.4 Å². The number of aliphatic imine (C=N–C) groups is 1. The molecule has 7 atom stereocenters. The van der Waals surface area contributed by atoms with Crippen LogP contribution in [0.4, 0.5) is 0 Å². The number of fused-ring (bicyclic) bond motifs is 5. The molecule has 0 spiro atoms. The van der Waals surface area contributed by atoms with E-state index < -0.39 is 0 Å². The summed E-state index contributed by atoms with van der Waals surface area (Å²) in [4.78, 5) is 4.40. The summed E-state index contributed by atoms with van der Waals surface area (Å²) in [6, 6.07) is 2.55. The Morgan fingerprint density at radius 2 is 1.77 bits per heavy atom. The van der Waals surface area contributed by atoms with Crippen molar-refractivity contribution in [2.75, 3.05) is 0 Å². The largest absolute Gasteiger partial charge is 0.207 e. The Labute approximate surface area is 161 Å². The van der Waals surface area contributed by atoms with Crippen LogP contribution in [0.25, 0.3) is 0 Å². The Hall–Kier alpha value is -1.03. The van der Waals surface area contributed by atoms with Gasteiger partial charge in [-0.15, -0.1) is 0 Å². The van der Waals surface area contributed by atoms with E-state index in [2.05, 4.69) is 45.3 Å². The smallest absolute Gasteiger partial charge is 0.0301 e. The molecule has 0 aromatic rings. The van der Waals surface area contributed by atoms with E-state index in [1.54, 1.807) is 0 Å². The number of terminal acetylenes is 1. The van der Waals surface area contributed by atoms with Gasteiger partial charge in [-0.25, -0.2) is 4.99 Å². The maximum Gasteiger partial charge on any atom is 0.0301 e. The monoisotopic (exact) mass is 351 g/mol. The summed E-state index contributed by atoms with van der Waals surface area (Å²) in [5.41, 5.74) is 4.11. The quantitative estimate of drug-likeness (QED) is 0.285. The lowest BCUT2D eigenvalue weighted by atomic mass is 9.40. The minimum absolute atomic E-state index is 0.375. The normalized spacial score (nSPS) is 51.2. The van der Waals surface area contributed by atoms with Crippen LogP contribution >= 0.6 is 0 Å². The number of rotatable bonds is 1. The molecule has 4 rings (SSSR count). The van der Waals surface area contributed by atoms with Crippen molar-refractivity contribution in [3.8, 4) is 12.5 Å². The van der Waals surface area contributed by atoms with E-state index >= 15 is 0 Å². The Morgan fingerprint density at radius 1 is 1.04 bits per heavy atom. The van der Waals surface area contributed by atoms with Crippen molar-refractivity contribution in [3.05, 3.63) is 12.2 Å². The molecular weight excluding hydrogens is 314 g/mol. The predicted molar refractivity (Wildman–Crippen MR) is 111 cm³/mol. The van der Waals surface area contributed by atoms with Crippen LogP contribution in [0.2, 0.25) is 0 Å². The zero-order chi connectivity index (χ0) is 18.7. The van der Waals surface area contributed by atoms with Gasteiger partial charge in [-0.1, -0.05) is 39.3 Å². The van der Waals surface area contributed by atoms with E-state index in [1.807, 2.05) is 0 Å². The standard InChI is InChI=1S/C25H37N/c1-7-26-18(3)20-11-14-25(6)22-9-8-19-16-17(2)10-13-23(19,4)21(22)12-15-24(20,25)5/h1,19-22H,2,8-16H2,3-6H3/b26-18+. The Kier molecular flexibility index (Phi) is 4.22. The van der Waals surface area contributed by atoms with Gasteiger partial charge in [0, 0.05) is 17.7 Å². The predicted octanol–water partition coefficient (Wildman–Crippen LogP) is 6.64. The fraction of sp³-hybridized carbons (Fsp3) is 0.800. The lowest BCUT2D eigenvalue weighted by molar-refractivity contribution is -0.144. The van der Waals surface area contributed by atoms with Crippen molar-refractivity contribution in [2.45, 2.75) is 85.5 Å². The van der Waals surface area contributed by atoms with Gasteiger partial charge >= 0.3 is 0 Å². The molecule has 7 unspecified atom stereocenters. The molecule has 0 bridgehead atoms. The van der Waals surface area contributed by atoms with Crippen molar-refractivity contribution in [1.82, 2.24) is 0 Å². The van der Waals surface area contributed by atoms with Crippen molar-refractivity contribution < 1.29 is 0 Å². The van der Waals surface area contributed by atoms with E-state index in [4.69, 9.17) is 6.42 Å². The molecule has 0 aromatic carbocycles. The van der Waals surface area contributed by atoms with E-state index in [1.165, 1.54) is 69.1 Å². The summed E-state index contributed by atoms with van der Waals surface area (Å²) in [6.45, 7) is 14.4. The van der Waals surface area contributed by atoms with Crippen LogP contribution in [-0.2, 0) is 0 Å². The lowest BCUT2D eigenvalue weighted by Crippen LogP contribution is -2.57. The number of allylic oxidation sites excluding steroid dienone is 1. The topological polar surface area (TPSA) is 12.4 Å². The summed E-state index contributed by atoms with van der Waals surface area (Å²) in [7, 11) is 0. The molecule has 1 nitrogen and oxygen atoms in total. The molecule has 0 radical (unpaired) electrons. The molecule has 142 valence electrons. The van der Waals surface area contributed by atoms with E-state index in [0.29, 0.717) is 22.2 Å². The van der Waals surface area contributed by atoms with Crippen molar-refractivity contribution in [2.24, 2.45) is 44.9 Å². The fourth-order valence-electron chi connectivity index (χ4n) is 8.41. The molecule has 4 fully saturated rings. The minimum Gasteiger partial charge on any atom is -0.207 e. The average Bonchev–Trinajstić information content (AvgIpc) is 2.87. The summed E-state index contributed by atoms with van der Waals surface area (Å²) in [6.07, 6.45) is 17.7. The highest BCUT2D eigenvalue weighted by Gasteiger charge is 2.65. The van der Waals surface area contributed by atoms with Crippen LogP contribution in [0.15, 0.2) is 17.1 Å². The molecular formula is C25H37N. The molecule has 0 aliphatic heterocycles. The van der Waals surface area contributed by atoms with Gasteiger partial charge in [0.2, 0.25) is 0 Å². The number of nitrogens with zero attached hydrogens (tertiary/aromatic N) is 1. The van der Waals surface area contributed by atoms with Crippen LogP contribution < -0.4 is 0 Å². The van der Waals surface area contributed by atoms with E-state index in [9.17, 15) is 0 Å². The molecule has 1 heteroatoms. The summed E-state index contributed by atoms with van der Waals surface area (Å²) >= 11 is 0. The third-order valence-corrected chi connectivity index (χ3v) is 10.2. The SMILES string of the molecule is C#C/N=C(\C)C1CCC2(C)C3CCC4CC(=C)CCC4(C)C3CCC12C. The van der Waals surface area contributed by atoms with Crippen molar-refractivity contribution in [3.63, 3.8) is 0 Å². The molecule has 0 N–H and O–H groups in total. The number of hydrogen-bond donors (Lipinski definition) is 0. The molecule has 26 heavy (non-hydrogen) atoms. The maximum absolute atomic E-state index is 5.50. The van der Waals surface area contributed by atoms with E-state index in [-0.39, 0.29) is 0 Å². The zero-order valence-electron chi connectivity index (χ0n) is 17.4. The second-order valence-electron chi connectivity index (χ2n) is 10.8. The fourth-order valence-corrected chi connectivity index (χ4v) is 8.41. The van der Waals surface area contributed by atoms with Crippen LogP contribution in [0.5, 0.6) is 0 Å². The number of hydrogen-bond acceptors (Lipinski definition) is 1. The third kappa shape index (κ3) is 2.26. The van der Waals surface area contributed by atoms with Crippen LogP contribution in [0.1, 0.15) is 85.5 Å². The van der Waals surface area contributed by atoms with Crippen LogP contribution in [0.3, 0.4) is 0 Å². The molecule has 4 aliphatic rings. The van der Waals surface area contributed by atoms with E-state index in [0.717, 1.165) is 17.8 Å². The Morgan fingerprint density at radius 3 is 2.50 bits per heavy atom. The minimum atomic E-state index is 0.375. The van der Waals surface area contributed by atoms with Gasteiger partial charge in [-0.2, -0.15) is 0 Å². The molecule has 4 saturated carbocycles. The molecule has 0 saturated heterocycles. The summed E-state index contributed by atoms with van der Waals surface area (Å²) in [5, 5.41) is 0. The third-order valence-electron chi connectivity index (χ3n) is 10.2. The first-order chi connectivity index (χ1) is 12.3. The first-order valence-electron chi connectivity index (χ1n) is 10.9. The first kappa shape index (κ1) is 18.3. The van der Waals surface area contributed by atoms with Gasteiger partial charge in [0.05, 0.1) is 0 Å². The van der Waals surface area contributed by atoms with Gasteiger partial charge in [0.15, 0.2) is 0 Å². The average molecular weight is 352 g/mol. The highest BCUT2D eigenvalue weighted by Crippen LogP contribution is 2.72. The second kappa shape index (κ2) is 5.98. The van der Waals surface area contributed by atoms with Gasteiger partial charge < -0.3 is 0 Å². The molecule has 0 aromatic heterocycles. The second-order valence-corrected chi connectivity index (χ2v) is 10.8.